The van der Waals surface area contributed by atoms with E-state index in [4.69, 9.17) is 21.1 Å². The molecule has 1 atom stereocenters. The van der Waals surface area contributed by atoms with Crippen molar-refractivity contribution in [1.82, 2.24) is 10.2 Å². The Morgan fingerprint density at radius 1 is 0.833 bits per heavy atom. The third-order valence-corrected chi connectivity index (χ3v) is 9.56. The minimum absolute atomic E-state index is 0.0699. The number of carbonyl (C=O) groups is 2. The quantitative estimate of drug-likeness (QED) is 0.174. The summed E-state index contributed by atoms with van der Waals surface area (Å²) >= 11 is 6.17. The summed E-state index contributed by atoms with van der Waals surface area (Å²) in [5.74, 6) is -0.360. The average Bonchev–Trinajstić information content (AvgIpc) is 3.04. The monoisotopic (exact) mass is 691 g/mol. The van der Waals surface area contributed by atoms with Gasteiger partial charge in [-0.3, -0.25) is 13.9 Å². The maximum absolute atomic E-state index is 14.7. The SMILES string of the molecule is COc1ccc(S(=O)(=O)N(CC(=O)N(Cc2cccc(C)c2)[C@H](Cc2ccccc2)C(=O)NC(C)(C)C)c2ccc(Cl)cc2)cc1OC. The molecule has 0 saturated carbocycles. The second-order valence-electron chi connectivity index (χ2n) is 12.5. The van der Waals surface area contributed by atoms with Crippen LogP contribution in [0.5, 0.6) is 11.5 Å². The van der Waals surface area contributed by atoms with Crippen molar-refractivity contribution in [3.05, 3.63) is 119 Å². The molecule has 0 heterocycles. The van der Waals surface area contributed by atoms with Gasteiger partial charge in [-0.05, 0) is 75.2 Å². The highest BCUT2D eigenvalue weighted by atomic mass is 35.5. The molecule has 1 N–H and O–H groups in total. The molecule has 0 aliphatic carbocycles. The molecule has 0 unspecified atom stereocenters. The molecule has 4 aromatic rings. The van der Waals surface area contributed by atoms with E-state index in [-0.39, 0.29) is 35.2 Å². The van der Waals surface area contributed by atoms with E-state index in [2.05, 4.69) is 5.32 Å². The van der Waals surface area contributed by atoms with Crippen LogP contribution in [0.4, 0.5) is 5.69 Å². The van der Waals surface area contributed by atoms with Gasteiger partial charge in [0.2, 0.25) is 11.8 Å². The van der Waals surface area contributed by atoms with Crippen molar-refractivity contribution in [2.24, 2.45) is 0 Å². The first-order chi connectivity index (χ1) is 22.7. The molecule has 0 spiro atoms. The van der Waals surface area contributed by atoms with Crippen molar-refractivity contribution in [1.29, 1.82) is 0 Å². The molecule has 0 saturated heterocycles. The van der Waals surface area contributed by atoms with Crippen molar-refractivity contribution in [3.8, 4) is 11.5 Å². The zero-order chi connectivity index (χ0) is 35.1. The van der Waals surface area contributed by atoms with Gasteiger partial charge >= 0.3 is 0 Å². The molecule has 0 aliphatic rings. The topological polar surface area (TPSA) is 105 Å². The second-order valence-corrected chi connectivity index (χ2v) is 14.8. The van der Waals surface area contributed by atoms with Gasteiger partial charge in [0.05, 0.1) is 24.8 Å². The molecule has 4 aromatic carbocycles. The Hall–Kier alpha value is -4.54. The number of methoxy groups -OCH3 is 2. The van der Waals surface area contributed by atoms with Crippen molar-refractivity contribution < 1.29 is 27.5 Å². The van der Waals surface area contributed by atoms with E-state index in [1.807, 2.05) is 82.3 Å². The van der Waals surface area contributed by atoms with Gasteiger partial charge < -0.3 is 19.7 Å². The lowest BCUT2D eigenvalue weighted by Crippen LogP contribution is -2.56. The number of anilines is 1. The zero-order valence-electron chi connectivity index (χ0n) is 28.1. The second kappa shape index (κ2) is 15.6. The Bertz CT molecular complexity index is 1830. The molecule has 0 radical (unpaired) electrons. The summed E-state index contributed by atoms with van der Waals surface area (Å²) in [6.07, 6.45) is 0.212. The third kappa shape index (κ3) is 9.29. The van der Waals surface area contributed by atoms with Gasteiger partial charge in [-0.2, -0.15) is 0 Å². The van der Waals surface area contributed by atoms with Crippen molar-refractivity contribution in [2.75, 3.05) is 25.1 Å². The first-order valence-electron chi connectivity index (χ1n) is 15.4. The molecule has 2 amide bonds. The summed E-state index contributed by atoms with van der Waals surface area (Å²) in [4.78, 5) is 30.0. The number of carbonyl (C=O) groups excluding carboxylic acids is 2. The fourth-order valence-electron chi connectivity index (χ4n) is 5.25. The highest BCUT2D eigenvalue weighted by Gasteiger charge is 2.36. The van der Waals surface area contributed by atoms with Gasteiger partial charge in [0, 0.05) is 29.6 Å². The number of halogens is 1. The molecule has 0 aromatic heterocycles. The fourth-order valence-corrected chi connectivity index (χ4v) is 6.81. The lowest BCUT2D eigenvalue weighted by molar-refractivity contribution is -0.140. The van der Waals surface area contributed by atoms with Crippen LogP contribution in [0.2, 0.25) is 5.02 Å². The van der Waals surface area contributed by atoms with E-state index in [1.165, 1.54) is 49.5 Å². The summed E-state index contributed by atoms with van der Waals surface area (Å²) in [7, 11) is -1.50. The predicted molar refractivity (Wildman–Crippen MR) is 189 cm³/mol. The molecule has 0 bridgehead atoms. The van der Waals surface area contributed by atoms with E-state index in [0.29, 0.717) is 10.8 Å². The normalized spacial score (nSPS) is 12.1. The van der Waals surface area contributed by atoms with Gasteiger partial charge in [-0.15, -0.1) is 0 Å². The lowest BCUT2D eigenvalue weighted by atomic mass is 10.0. The number of benzene rings is 4. The van der Waals surface area contributed by atoms with Crippen LogP contribution in [0.25, 0.3) is 0 Å². The number of sulfonamides is 1. The first kappa shape index (κ1) is 36.3. The van der Waals surface area contributed by atoms with Crippen LogP contribution in [-0.4, -0.2) is 57.5 Å². The van der Waals surface area contributed by atoms with Crippen LogP contribution >= 0.6 is 11.6 Å². The Kier molecular flexibility index (Phi) is 11.8. The van der Waals surface area contributed by atoms with Crippen LogP contribution in [0.15, 0.2) is 102 Å². The molecular formula is C37H42ClN3O6S. The van der Waals surface area contributed by atoms with Crippen molar-refractivity contribution in [2.45, 2.75) is 57.1 Å². The molecule has 4 rings (SSSR count). The number of hydrogen-bond donors (Lipinski definition) is 1. The number of rotatable bonds is 13. The average molecular weight is 692 g/mol. The highest BCUT2D eigenvalue weighted by molar-refractivity contribution is 7.92. The fraction of sp³-hybridized carbons (Fsp3) is 0.297. The van der Waals surface area contributed by atoms with Crippen LogP contribution in [0.3, 0.4) is 0 Å². The number of hydrogen-bond acceptors (Lipinski definition) is 6. The molecular weight excluding hydrogens is 650 g/mol. The number of amides is 2. The number of nitrogens with zero attached hydrogens (tertiary/aromatic N) is 2. The zero-order valence-corrected chi connectivity index (χ0v) is 29.6. The highest BCUT2D eigenvalue weighted by Crippen LogP contribution is 2.33. The number of ether oxygens (including phenoxy) is 2. The molecule has 9 nitrogen and oxygen atoms in total. The van der Waals surface area contributed by atoms with Crippen LogP contribution in [0, 0.1) is 6.92 Å². The van der Waals surface area contributed by atoms with E-state index in [0.717, 1.165) is 21.0 Å². The van der Waals surface area contributed by atoms with E-state index >= 15 is 0 Å². The Morgan fingerprint density at radius 2 is 1.48 bits per heavy atom. The van der Waals surface area contributed by atoms with E-state index in [9.17, 15) is 18.0 Å². The molecule has 0 fully saturated rings. The molecule has 254 valence electrons. The van der Waals surface area contributed by atoms with Gasteiger partial charge in [0.1, 0.15) is 12.6 Å². The smallest absolute Gasteiger partial charge is 0.264 e. The van der Waals surface area contributed by atoms with Gasteiger partial charge in [-0.1, -0.05) is 71.8 Å². The van der Waals surface area contributed by atoms with Gasteiger partial charge in [-0.25, -0.2) is 8.42 Å². The van der Waals surface area contributed by atoms with Gasteiger partial charge in [0.25, 0.3) is 10.0 Å². The lowest BCUT2D eigenvalue weighted by Gasteiger charge is -2.35. The summed E-state index contributed by atoms with van der Waals surface area (Å²) in [5, 5.41) is 3.44. The van der Waals surface area contributed by atoms with E-state index < -0.39 is 34.1 Å². The third-order valence-electron chi connectivity index (χ3n) is 7.54. The first-order valence-corrected chi connectivity index (χ1v) is 17.2. The van der Waals surface area contributed by atoms with Crippen molar-refractivity contribution >= 4 is 39.1 Å². The predicted octanol–water partition coefficient (Wildman–Crippen LogP) is 6.42. The van der Waals surface area contributed by atoms with Crippen molar-refractivity contribution in [3.63, 3.8) is 0 Å². The van der Waals surface area contributed by atoms with Crippen LogP contribution in [0.1, 0.15) is 37.5 Å². The summed E-state index contributed by atoms with van der Waals surface area (Å²) in [6, 6.07) is 26.5. The summed E-state index contributed by atoms with van der Waals surface area (Å²) < 4.78 is 40.5. The minimum atomic E-state index is -4.36. The van der Waals surface area contributed by atoms with Gasteiger partial charge in [0.15, 0.2) is 11.5 Å². The van der Waals surface area contributed by atoms with Crippen LogP contribution in [-0.2, 0) is 32.6 Å². The Balaban J connectivity index is 1.84. The summed E-state index contributed by atoms with van der Waals surface area (Å²) in [5.41, 5.74) is 2.26. The number of aryl methyl sites for hydroxylation is 1. The number of nitrogens with one attached hydrogen (secondary N) is 1. The molecule has 48 heavy (non-hydrogen) atoms. The minimum Gasteiger partial charge on any atom is -0.493 e. The summed E-state index contributed by atoms with van der Waals surface area (Å²) in [6.45, 7) is 7.03. The maximum Gasteiger partial charge on any atom is 0.264 e. The maximum atomic E-state index is 14.7. The molecule has 0 aliphatic heterocycles. The van der Waals surface area contributed by atoms with E-state index in [1.54, 1.807) is 12.1 Å². The standard InChI is InChI=1S/C37H42ClN3O6S/c1-26-11-10-14-28(21-26)24-40(32(36(43)39-37(2,3)4)22-27-12-8-7-9-13-27)35(42)25-41(30-17-15-29(38)16-18-30)48(44,45)31-19-20-33(46-5)34(23-31)47-6/h7-21,23,32H,22,24-25H2,1-6H3,(H,39,43)/t32-/m1/s1. The largest absolute Gasteiger partial charge is 0.493 e. The Morgan fingerprint density at radius 3 is 2.08 bits per heavy atom. The molecule has 11 heteroatoms. The van der Waals surface area contributed by atoms with Crippen LogP contribution < -0.4 is 19.1 Å². The Labute approximate surface area is 288 Å².